The highest BCUT2D eigenvalue weighted by molar-refractivity contribution is 7.91. The summed E-state index contributed by atoms with van der Waals surface area (Å²) >= 11 is -1.18. The quantitative estimate of drug-likeness (QED) is 0.464. The highest BCUT2D eigenvalue weighted by Crippen LogP contribution is 2.48. The number of para-hydroxylation sites is 1. The zero-order valence-electron chi connectivity index (χ0n) is 21.6. The van der Waals surface area contributed by atoms with Crippen LogP contribution in [0.3, 0.4) is 0 Å². The van der Waals surface area contributed by atoms with Gasteiger partial charge in [0.25, 0.3) is 0 Å². The van der Waals surface area contributed by atoms with Gasteiger partial charge >= 0.3 is 0 Å². The normalized spacial score (nSPS) is 28.6. The Balaban J connectivity index is 1.31. The number of benzene rings is 1. The predicted octanol–water partition coefficient (Wildman–Crippen LogP) is 1.65. The van der Waals surface area contributed by atoms with Crippen LogP contribution in [0.2, 0.25) is 0 Å². The maximum Gasteiger partial charge on any atom is 0.236 e. The second kappa shape index (κ2) is 8.85. The standard InChI is InChI=1S/C26H34N7O3S/c1-31-15-17(8-9-21(31)34)28-24-23-20(10-13-37(23)36)29-25(30-24)32-12-11-26(14-22(32)35)18-6-4-5-7-19(18)27-16-33(26,2)3/h4-7,17,27H,8-16H2,1-3H3,(H,28,29,30)/q+1/t17?,26-,37?/m0/s1. The van der Waals surface area contributed by atoms with Gasteiger partial charge in [-0.05, 0) is 23.7 Å². The number of carbonyl (C=O) groups is 2. The fourth-order valence-electron chi connectivity index (χ4n) is 6.34. The lowest BCUT2D eigenvalue weighted by Gasteiger charge is -2.54. The minimum absolute atomic E-state index is 0.00201. The average Bonchev–Trinajstić information content (AvgIpc) is 3.25. The summed E-state index contributed by atoms with van der Waals surface area (Å²) in [5.41, 5.74) is 2.71. The molecular formula is C26H34N7O3S+. The SMILES string of the molecule is CN1CC(Nc2nc(N3CC[C@]4(CC3=O)c3ccccc3NC[N+]4(C)C)nc3c2[S+]([O-])CC3)CCC1=O. The molecule has 0 saturated carbocycles. The van der Waals surface area contributed by atoms with E-state index in [0.717, 1.165) is 24.5 Å². The Morgan fingerprint density at radius 2 is 2.00 bits per heavy atom. The van der Waals surface area contributed by atoms with E-state index in [1.807, 2.05) is 12.1 Å². The Kier molecular flexibility index (Phi) is 5.85. The molecule has 3 atom stereocenters. The van der Waals surface area contributed by atoms with Crippen molar-refractivity contribution < 1.29 is 18.6 Å². The van der Waals surface area contributed by atoms with Crippen LogP contribution in [0.15, 0.2) is 29.2 Å². The summed E-state index contributed by atoms with van der Waals surface area (Å²) in [6.45, 7) is 1.82. The van der Waals surface area contributed by atoms with Crippen molar-refractivity contribution in [3.63, 3.8) is 0 Å². The van der Waals surface area contributed by atoms with Crippen molar-refractivity contribution in [2.24, 2.45) is 0 Å². The summed E-state index contributed by atoms with van der Waals surface area (Å²) in [5.74, 6) is 1.57. The van der Waals surface area contributed by atoms with Crippen LogP contribution in [0.4, 0.5) is 17.5 Å². The monoisotopic (exact) mass is 524 g/mol. The predicted molar refractivity (Wildman–Crippen MR) is 142 cm³/mol. The number of hydrogen-bond donors (Lipinski definition) is 2. The third-order valence-corrected chi connectivity index (χ3v) is 10.1. The first kappa shape index (κ1) is 24.4. The molecule has 11 heteroatoms. The van der Waals surface area contributed by atoms with Crippen LogP contribution >= 0.6 is 0 Å². The molecule has 10 nitrogen and oxygen atoms in total. The van der Waals surface area contributed by atoms with Crippen LogP contribution in [-0.4, -0.2) is 88.4 Å². The van der Waals surface area contributed by atoms with Crippen LogP contribution in [0.25, 0.3) is 0 Å². The number of rotatable bonds is 3. The summed E-state index contributed by atoms with van der Waals surface area (Å²) in [7, 11) is 6.16. The number of anilines is 3. The fourth-order valence-corrected chi connectivity index (χ4v) is 7.66. The Morgan fingerprint density at radius 1 is 1.19 bits per heavy atom. The molecule has 2 aromatic rings. The number of aromatic nitrogens is 2. The van der Waals surface area contributed by atoms with Gasteiger partial charge in [0, 0.05) is 56.7 Å². The number of nitrogens with one attached hydrogen (secondary N) is 2. The van der Waals surface area contributed by atoms with E-state index in [1.54, 1.807) is 16.8 Å². The van der Waals surface area contributed by atoms with Crippen molar-refractivity contribution in [2.75, 3.05) is 62.2 Å². The number of likely N-dealkylation sites (tertiary alicyclic amines) is 1. The van der Waals surface area contributed by atoms with Crippen LogP contribution in [0, 0.1) is 0 Å². The van der Waals surface area contributed by atoms with E-state index >= 15 is 0 Å². The van der Waals surface area contributed by atoms with E-state index in [2.05, 4.69) is 36.9 Å². The van der Waals surface area contributed by atoms with Crippen molar-refractivity contribution in [1.82, 2.24) is 14.9 Å². The van der Waals surface area contributed by atoms with Gasteiger partial charge < -0.3 is 24.6 Å². The Bertz CT molecular complexity index is 1270. The molecule has 37 heavy (non-hydrogen) atoms. The summed E-state index contributed by atoms with van der Waals surface area (Å²) in [5, 5.41) is 6.98. The van der Waals surface area contributed by atoms with E-state index < -0.39 is 11.2 Å². The first-order valence-corrected chi connectivity index (χ1v) is 14.3. The Morgan fingerprint density at radius 3 is 2.78 bits per heavy atom. The van der Waals surface area contributed by atoms with E-state index in [1.165, 1.54) is 5.56 Å². The van der Waals surface area contributed by atoms with Gasteiger partial charge in [-0.1, -0.05) is 18.2 Å². The molecule has 196 valence electrons. The van der Waals surface area contributed by atoms with E-state index in [4.69, 9.17) is 9.97 Å². The van der Waals surface area contributed by atoms with Crippen molar-refractivity contribution in [3.05, 3.63) is 35.5 Å². The lowest BCUT2D eigenvalue weighted by atomic mass is 9.76. The lowest BCUT2D eigenvalue weighted by Crippen LogP contribution is -2.66. The van der Waals surface area contributed by atoms with E-state index in [-0.39, 0.29) is 23.4 Å². The second-order valence-electron chi connectivity index (χ2n) is 11.2. The first-order chi connectivity index (χ1) is 17.7. The minimum Gasteiger partial charge on any atom is -0.611 e. The molecule has 0 radical (unpaired) electrons. The maximum absolute atomic E-state index is 13.8. The summed E-state index contributed by atoms with van der Waals surface area (Å²) in [6, 6.07) is 8.31. The van der Waals surface area contributed by atoms with Crippen LogP contribution < -0.4 is 15.5 Å². The molecule has 2 fully saturated rings. The van der Waals surface area contributed by atoms with Crippen molar-refractivity contribution in [3.8, 4) is 0 Å². The number of hydrogen-bond acceptors (Lipinski definition) is 7. The van der Waals surface area contributed by atoms with Gasteiger partial charge in [0.05, 0.1) is 20.5 Å². The molecule has 1 aromatic heterocycles. The molecular weight excluding hydrogens is 490 g/mol. The highest BCUT2D eigenvalue weighted by Gasteiger charge is 2.55. The molecule has 2 unspecified atom stereocenters. The van der Waals surface area contributed by atoms with Gasteiger partial charge in [-0.3, -0.25) is 14.5 Å². The highest BCUT2D eigenvalue weighted by atomic mass is 32.2. The molecule has 5 heterocycles. The molecule has 1 spiro atoms. The summed E-state index contributed by atoms with van der Waals surface area (Å²) in [4.78, 5) is 39.4. The number of carbonyl (C=O) groups excluding carboxylic acids is 2. The molecule has 2 saturated heterocycles. The molecule has 1 aromatic carbocycles. The van der Waals surface area contributed by atoms with Gasteiger partial charge in [0.2, 0.25) is 22.7 Å². The molecule has 6 rings (SSSR count). The molecule has 0 bridgehead atoms. The van der Waals surface area contributed by atoms with Crippen molar-refractivity contribution >= 4 is 40.4 Å². The number of aryl methyl sites for hydroxylation is 1. The van der Waals surface area contributed by atoms with Crippen LogP contribution in [0.5, 0.6) is 0 Å². The zero-order chi connectivity index (χ0) is 25.9. The van der Waals surface area contributed by atoms with Gasteiger partial charge in [-0.25, -0.2) is 4.98 Å². The maximum atomic E-state index is 13.8. The molecule has 4 aliphatic heterocycles. The first-order valence-electron chi connectivity index (χ1n) is 13.0. The van der Waals surface area contributed by atoms with Gasteiger partial charge in [0.1, 0.15) is 17.0 Å². The number of amides is 2. The van der Waals surface area contributed by atoms with E-state index in [0.29, 0.717) is 65.7 Å². The molecule has 2 N–H and O–H groups in total. The van der Waals surface area contributed by atoms with Gasteiger partial charge in [-0.15, -0.1) is 0 Å². The second-order valence-corrected chi connectivity index (χ2v) is 12.7. The molecule has 2 amide bonds. The fraction of sp³-hybridized carbons (Fsp3) is 0.538. The van der Waals surface area contributed by atoms with Crippen molar-refractivity contribution in [1.29, 1.82) is 0 Å². The topological polar surface area (TPSA) is 114 Å². The zero-order valence-corrected chi connectivity index (χ0v) is 22.4. The Hall–Kier alpha value is -2.89. The van der Waals surface area contributed by atoms with Crippen LogP contribution in [0.1, 0.15) is 36.9 Å². The number of quaternary nitrogens is 1. The minimum atomic E-state index is -1.18. The summed E-state index contributed by atoms with van der Waals surface area (Å²) in [6.07, 6.45) is 2.91. The lowest BCUT2D eigenvalue weighted by molar-refractivity contribution is -0.949. The number of likely N-dealkylation sites (N-methyl/N-ethyl adjacent to an activating group) is 1. The average molecular weight is 525 g/mol. The third-order valence-electron chi connectivity index (χ3n) is 8.63. The molecule has 4 aliphatic rings. The largest absolute Gasteiger partial charge is 0.611 e. The Labute approximate surface area is 220 Å². The molecule has 0 aliphatic carbocycles. The van der Waals surface area contributed by atoms with E-state index in [9.17, 15) is 14.1 Å². The smallest absolute Gasteiger partial charge is 0.236 e. The van der Waals surface area contributed by atoms with Crippen molar-refractivity contribution in [2.45, 2.75) is 48.6 Å². The van der Waals surface area contributed by atoms with Gasteiger partial charge in [0.15, 0.2) is 12.5 Å². The van der Waals surface area contributed by atoms with Gasteiger partial charge in [-0.2, -0.15) is 4.98 Å². The summed E-state index contributed by atoms with van der Waals surface area (Å²) < 4.78 is 13.5. The number of nitrogens with zero attached hydrogens (tertiary/aromatic N) is 5. The number of piperidine rings is 2. The number of fused-ring (bicyclic) bond motifs is 3. The van der Waals surface area contributed by atoms with Crippen LogP contribution in [-0.2, 0) is 32.7 Å². The third kappa shape index (κ3) is 3.95.